The molecule has 0 fully saturated rings. The van der Waals surface area contributed by atoms with Crippen molar-refractivity contribution in [2.75, 3.05) is 13.7 Å². The highest BCUT2D eigenvalue weighted by atomic mass is 16.5. The van der Waals surface area contributed by atoms with Crippen molar-refractivity contribution in [1.82, 2.24) is 5.32 Å². The third-order valence-corrected chi connectivity index (χ3v) is 3.67. The molecule has 0 unspecified atom stereocenters. The molecule has 0 radical (unpaired) electrons. The van der Waals surface area contributed by atoms with Crippen molar-refractivity contribution >= 4 is 11.9 Å². The molecule has 0 heterocycles. The van der Waals surface area contributed by atoms with E-state index in [4.69, 9.17) is 10.00 Å². The number of esters is 1. The summed E-state index contributed by atoms with van der Waals surface area (Å²) in [5.41, 5.74) is 2.74. The molecule has 0 aliphatic carbocycles. The van der Waals surface area contributed by atoms with Gasteiger partial charge in [0.15, 0.2) is 0 Å². The first kappa shape index (κ1) is 17.2. The van der Waals surface area contributed by atoms with Crippen LogP contribution in [-0.4, -0.2) is 25.5 Å². The van der Waals surface area contributed by atoms with Crippen molar-refractivity contribution in [1.29, 1.82) is 5.26 Å². The number of amides is 1. The van der Waals surface area contributed by atoms with Crippen LogP contribution < -0.4 is 5.32 Å². The lowest BCUT2D eigenvalue weighted by Crippen LogP contribution is -2.32. The number of nitriles is 1. The minimum atomic E-state index is -0.572. The fraction of sp³-hybridized carbons (Fsp3) is 0.211. The molecule has 1 amide bonds. The van der Waals surface area contributed by atoms with E-state index in [0.717, 1.165) is 11.1 Å². The minimum Gasteiger partial charge on any atom is -0.468 e. The zero-order chi connectivity index (χ0) is 17.5. The summed E-state index contributed by atoms with van der Waals surface area (Å²) in [6.07, 6.45) is 0. The molecule has 5 nitrogen and oxygen atoms in total. The van der Waals surface area contributed by atoms with Gasteiger partial charge in [-0.05, 0) is 36.8 Å². The summed E-state index contributed by atoms with van der Waals surface area (Å²) < 4.78 is 4.85. The first-order chi connectivity index (χ1) is 11.5. The molecule has 0 aromatic heterocycles. The fourth-order valence-electron chi connectivity index (χ4n) is 2.36. The summed E-state index contributed by atoms with van der Waals surface area (Å²) in [5, 5.41) is 11.5. The van der Waals surface area contributed by atoms with Gasteiger partial charge in [-0.25, -0.2) is 0 Å². The number of nitrogens with zero attached hydrogens (tertiary/aromatic N) is 1. The Labute approximate surface area is 140 Å². The van der Waals surface area contributed by atoms with Crippen molar-refractivity contribution < 1.29 is 14.3 Å². The van der Waals surface area contributed by atoms with Crippen LogP contribution in [-0.2, 0) is 9.53 Å². The summed E-state index contributed by atoms with van der Waals surface area (Å²) in [5.74, 6) is -1.28. The maximum atomic E-state index is 12.2. The van der Waals surface area contributed by atoms with Gasteiger partial charge in [-0.1, -0.05) is 29.8 Å². The van der Waals surface area contributed by atoms with Crippen LogP contribution in [0.1, 0.15) is 33.0 Å². The van der Waals surface area contributed by atoms with Crippen LogP contribution in [0.15, 0.2) is 48.5 Å². The summed E-state index contributed by atoms with van der Waals surface area (Å²) in [7, 11) is 1.33. The highest BCUT2D eigenvalue weighted by Gasteiger charge is 2.22. The first-order valence-corrected chi connectivity index (χ1v) is 7.48. The Hall–Kier alpha value is -3.13. The van der Waals surface area contributed by atoms with Gasteiger partial charge in [0.2, 0.25) is 0 Å². The van der Waals surface area contributed by atoms with Gasteiger partial charge in [0.1, 0.15) is 0 Å². The topological polar surface area (TPSA) is 79.2 Å². The van der Waals surface area contributed by atoms with Gasteiger partial charge in [0, 0.05) is 12.1 Å². The van der Waals surface area contributed by atoms with Crippen molar-refractivity contribution in [3.8, 4) is 6.07 Å². The lowest BCUT2D eigenvalue weighted by molar-refractivity contribution is -0.142. The van der Waals surface area contributed by atoms with Gasteiger partial charge in [-0.3, -0.25) is 9.59 Å². The van der Waals surface area contributed by atoms with Gasteiger partial charge in [0.05, 0.1) is 24.7 Å². The second kappa shape index (κ2) is 7.93. The number of nitrogens with one attached hydrogen (secondary N) is 1. The molecule has 2 rings (SSSR count). The Morgan fingerprint density at radius 2 is 1.92 bits per heavy atom. The Morgan fingerprint density at radius 1 is 1.21 bits per heavy atom. The van der Waals surface area contributed by atoms with Crippen LogP contribution in [0.5, 0.6) is 0 Å². The molecule has 0 aliphatic rings. The van der Waals surface area contributed by atoms with E-state index in [9.17, 15) is 9.59 Å². The average molecular weight is 322 g/mol. The van der Waals surface area contributed by atoms with Crippen LogP contribution >= 0.6 is 0 Å². The van der Waals surface area contributed by atoms with E-state index in [1.165, 1.54) is 7.11 Å². The molecule has 24 heavy (non-hydrogen) atoms. The second-order valence-corrected chi connectivity index (χ2v) is 5.39. The largest absolute Gasteiger partial charge is 0.468 e. The molecular formula is C19H18N2O3. The molecule has 0 saturated carbocycles. The van der Waals surface area contributed by atoms with Gasteiger partial charge in [-0.15, -0.1) is 0 Å². The predicted octanol–water partition coefficient (Wildman–Crippen LogP) is 2.55. The molecular weight excluding hydrogens is 304 g/mol. The van der Waals surface area contributed by atoms with Crippen molar-refractivity contribution in [2.24, 2.45) is 0 Å². The van der Waals surface area contributed by atoms with E-state index in [0.29, 0.717) is 11.1 Å². The first-order valence-electron chi connectivity index (χ1n) is 7.48. The zero-order valence-electron chi connectivity index (χ0n) is 13.6. The minimum absolute atomic E-state index is 0.134. The number of carbonyl (C=O) groups is 2. The molecule has 2 aromatic carbocycles. The lowest BCUT2D eigenvalue weighted by Gasteiger charge is -2.16. The standard InChI is InChI=1S/C19H18N2O3/c1-13-4-3-5-16(10-13)17(19(23)24-2)12-21-18(22)15-8-6-14(11-20)7-9-15/h3-10,17H,12H2,1-2H3,(H,21,22)/t17-/m1/s1. The average Bonchev–Trinajstić information content (AvgIpc) is 2.61. The number of carbonyl (C=O) groups excluding carboxylic acids is 2. The Balaban J connectivity index is 2.11. The molecule has 0 aliphatic heterocycles. The number of ether oxygens (including phenoxy) is 1. The number of rotatable bonds is 5. The molecule has 0 saturated heterocycles. The van der Waals surface area contributed by atoms with E-state index >= 15 is 0 Å². The second-order valence-electron chi connectivity index (χ2n) is 5.39. The summed E-state index contributed by atoms with van der Waals surface area (Å²) in [4.78, 5) is 24.3. The van der Waals surface area contributed by atoms with E-state index < -0.39 is 11.9 Å². The summed E-state index contributed by atoms with van der Waals surface area (Å²) in [6.45, 7) is 2.07. The zero-order valence-corrected chi connectivity index (χ0v) is 13.6. The van der Waals surface area contributed by atoms with Crippen LogP contribution in [0, 0.1) is 18.3 Å². The van der Waals surface area contributed by atoms with Gasteiger partial charge >= 0.3 is 5.97 Å². The third kappa shape index (κ3) is 4.20. The maximum Gasteiger partial charge on any atom is 0.314 e. The van der Waals surface area contributed by atoms with E-state index in [2.05, 4.69) is 5.32 Å². The third-order valence-electron chi connectivity index (χ3n) is 3.67. The van der Waals surface area contributed by atoms with E-state index in [-0.39, 0.29) is 12.5 Å². The van der Waals surface area contributed by atoms with Crippen LogP contribution in [0.4, 0.5) is 0 Å². The molecule has 122 valence electrons. The predicted molar refractivity (Wildman–Crippen MR) is 89.4 cm³/mol. The number of aryl methyl sites for hydroxylation is 1. The maximum absolute atomic E-state index is 12.2. The molecule has 0 spiro atoms. The number of benzene rings is 2. The summed E-state index contributed by atoms with van der Waals surface area (Å²) in [6, 6.07) is 15.8. The van der Waals surface area contributed by atoms with Gasteiger partial charge in [-0.2, -0.15) is 5.26 Å². The monoisotopic (exact) mass is 322 g/mol. The normalized spacial score (nSPS) is 11.2. The number of methoxy groups -OCH3 is 1. The number of hydrogen-bond donors (Lipinski definition) is 1. The molecule has 1 N–H and O–H groups in total. The Morgan fingerprint density at radius 3 is 2.50 bits per heavy atom. The smallest absolute Gasteiger partial charge is 0.314 e. The van der Waals surface area contributed by atoms with Crippen molar-refractivity contribution in [2.45, 2.75) is 12.8 Å². The lowest BCUT2D eigenvalue weighted by atomic mass is 9.97. The van der Waals surface area contributed by atoms with E-state index in [1.807, 2.05) is 37.3 Å². The van der Waals surface area contributed by atoms with E-state index in [1.54, 1.807) is 24.3 Å². The molecule has 0 bridgehead atoms. The Kier molecular flexibility index (Phi) is 5.69. The SMILES string of the molecule is COC(=O)[C@H](CNC(=O)c1ccc(C#N)cc1)c1cccc(C)c1. The Bertz CT molecular complexity index is 776. The van der Waals surface area contributed by atoms with Crippen LogP contribution in [0.25, 0.3) is 0 Å². The number of hydrogen-bond acceptors (Lipinski definition) is 4. The van der Waals surface area contributed by atoms with Crippen molar-refractivity contribution in [3.63, 3.8) is 0 Å². The quantitative estimate of drug-likeness (QED) is 0.858. The molecule has 2 aromatic rings. The highest BCUT2D eigenvalue weighted by molar-refractivity contribution is 5.94. The molecule has 5 heteroatoms. The van der Waals surface area contributed by atoms with Gasteiger partial charge in [0.25, 0.3) is 5.91 Å². The fourth-order valence-corrected chi connectivity index (χ4v) is 2.36. The van der Waals surface area contributed by atoms with Crippen molar-refractivity contribution in [3.05, 3.63) is 70.8 Å². The van der Waals surface area contributed by atoms with Gasteiger partial charge < -0.3 is 10.1 Å². The summed E-state index contributed by atoms with van der Waals surface area (Å²) >= 11 is 0. The van der Waals surface area contributed by atoms with Crippen LogP contribution in [0.3, 0.4) is 0 Å². The highest BCUT2D eigenvalue weighted by Crippen LogP contribution is 2.18. The molecule has 1 atom stereocenters. The van der Waals surface area contributed by atoms with Crippen LogP contribution in [0.2, 0.25) is 0 Å².